The van der Waals surface area contributed by atoms with Crippen molar-refractivity contribution in [1.29, 1.82) is 0 Å². The molecule has 0 aliphatic heterocycles. The summed E-state index contributed by atoms with van der Waals surface area (Å²) in [7, 11) is 0. The molecule has 0 aliphatic carbocycles. The summed E-state index contributed by atoms with van der Waals surface area (Å²) in [4.78, 5) is 51.5. The first-order valence-electron chi connectivity index (χ1n) is 8.20. The zero-order chi connectivity index (χ0) is 19.7. The van der Waals surface area contributed by atoms with Crippen molar-refractivity contribution in [3.63, 3.8) is 0 Å². The maximum absolute atomic E-state index is 12.2. The molecule has 4 rings (SSSR count). The summed E-state index contributed by atoms with van der Waals surface area (Å²) in [5, 5.41) is 6.43. The monoisotopic (exact) mass is 372 g/mol. The molecule has 8 heteroatoms. The van der Waals surface area contributed by atoms with Crippen LogP contribution in [-0.4, -0.2) is 34.4 Å². The number of aromatic nitrogens is 2. The zero-order valence-electron chi connectivity index (χ0n) is 14.3. The number of hydrogen-bond donors (Lipinski definition) is 4. The van der Waals surface area contributed by atoms with Crippen LogP contribution >= 0.6 is 0 Å². The van der Waals surface area contributed by atoms with Crippen molar-refractivity contribution >= 4 is 57.6 Å². The lowest BCUT2D eigenvalue weighted by Gasteiger charge is -2.07. The second-order valence-electron chi connectivity index (χ2n) is 6.08. The van der Waals surface area contributed by atoms with E-state index in [4.69, 9.17) is 0 Å². The molecule has 2 heterocycles. The third kappa shape index (κ3) is 3.26. The van der Waals surface area contributed by atoms with E-state index in [1.54, 1.807) is 61.1 Å². The highest BCUT2D eigenvalue weighted by atomic mass is 16.2. The Morgan fingerprint density at radius 1 is 0.679 bits per heavy atom. The predicted molar refractivity (Wildman–Crippen MR) is 103 cm³/mol. The maximum Gasteiger partial charge on any atom is 0.314 e. The molecule has 0 aliphatic rings. The predicted octanol–water partition coefficient (Wildman–Crippen LogP) is 2.14. The number of aromatic amines is 2. The molecule has 0 spiro atoms. The van der Waals surface area contributed by atoms with Gasteiger partial charge in [-0.25, -0.2) is 0 Å². The van der Waals surface area contributed by atoms with Gasteiger partial charge in [0.1, 0.15) is 0 Å². The van der Waals surface area contributed by atoms with Crippen LogP contribution in [0.4, 0.5) is 11.4 Å². The van der Waals surface area contributed by atoms with Gasteiger partial charge in [0.25, 0.3) is 12.6 Å². The number of H-pyrrole nitrogens is 2. The molecule has 0 saturated heterocycles. The molecule has 4 aromatic rings. The molecule has 2 aromatic carbocycles. The van der Waals surface area contributed by atoms with Crippen LogP contribution in [0.3, 0.4) is 0 Å². The smallest absolute Gasteiger partial charge is 0.314 e. The van der Waals surface area contributed by atoms with Crippen molar-refractivity contribution in [3.8, 4) is 0 Å². The average Bonchev–Trinajstić information content (AvgIpc) is 3.30. The molecule has 28 heavy (non-hydrogen) atoms. The molecule has 0 atom stereocenters. The van der Waals surface area contributed by atoms with Gasteiger partial charge in [0.05, 0.1) is 11.4 Å². The summed E-state index contributed by atoms with van der Waals surface area (Å²) in [5.41, 5.74) is 2.85. The van der Waals surface area contributed by atoms with Crippen molar-refractivity contribution in [1.82, 2.24) is 9.97 Å². The van der Waals surface area contributed by atoms with E-state index in [2.05, 4.69) is 20.6 Å². The highest BCUT2D eigenvalue weighted by Gasteiger charge is 2.15. The molecule has 2 radical (unpaired) electrons. The van der Waals surface area contributed by atoms with Crippen molar-refractivity contribution in [2.75, 3.05) is 10.6 Å². The van der Waals surface area contributed by atoms with Crippen molar-refractivity contribution in [2.24, 2.45) is 0 Å². The van der Waals surface area contributed by atoms with Gasteiger partial charge in [-0.1, -0.05) is 0 Å². The first-order chi connectivity index (χ1) is 13.6. The van der Waals surface area contributed by atoms with Crippen molar-refractivity contribution < 1.29 is 19.2 Å². The summed E-state index contributed by atoms with van der Waals surface area (Å²) in [6.45, 7) is 0. The van der Waals surface area contributed by atoms with Gasteiger partial charge in [-0.05, 0) is 48.5 Å². The average molecular weight is 372 g/mol. The lowest BCUT2D eigenvalue weighted by Crippen LogP contribution is -2.29. The van der Waals surface area contributed by atoms with Gasteiger partial charge < -0.3 is 20.6 Å². The number of fused-ring (bicyclic) bond motifs is 2. The van der Waals surface area contributed by atoms with E-state index in [0.717, 1.165) is 0 Å². The standard InChI is InChI=1S/C20H12N4O4/c25-9-15-7-11-5-13(1-3-17(11)21-15)23-19(27)20(28)24-14-2-4-18-12(6-14)8-16(10-26)22-18/h1-8,21-22H,(H,23,27)(H,24,28). The minimum absolute atomic E-state index is 0.298. The highest BCUT2D eigenvalue weighted by molar-refractivity contribution is 6.43. The Labute approximate surface area is 157 Å². The molecule has 0 fully saturated rings. The largest absolute Gasteiger partial charge is 0.352 e. The Hall–Kier alpha value is -4.20. The minimum Gasteiger partial charge on any atom is -0.352 e. The van der Waals surface area contributed by atoms with Crippen LogP contribution in [0.1, 0.15) is 11.4 Å². The Morgan fingerprint density at radius 2 is 1.11 bits per heavy atom. The third-order valence-electron chi connectivity index (χ3n) is 4.18. The van der Waals surface area contributed by atoms with E-state index in [1.807, 2.05) is 0 Å². The number of rotatable bonds is 4. The maximum atomic E-state index is 12.2. The van der Waals surface area contributed by atoms with Crippen LogP contribution in [0.5, 0.6) is 0 Å². The molecule has 4 N–H and O–H groups in total. The van der Waals surface area contributed by atoms with Gasteiger partial charge in [0.2, 0.25) is 0 Å². The second kappa shape index (κ2) is 6.84. The van der Waals surface area contributed by atoms with Gasteiger partial charge in [-0.2, -0.15) is 0 Å². The van der Waals surface area contributed by atoms with E-state index in [0.29, 0.717) is 44.6 Å². The fraction of sp³-hybridized carbons (Fsp3) is 0. The number of benzene rings is 2. The molecular weight excluding hydrogens is 360 g/mol. The van der Waals surface area contributed by atoms with Crippen LogP contribution in [0.15, 0.2) is 48.5 Å². The molecule has 2 aromatic heterocycles. The topological polar surface area (TPSA) is 124 Å². The van der Waals surface area contributed by atoms with Gasteiger partial charge in [0, 0.05) is 33.2 Å². The van der Waals surface area contributed by atoms with E-state index in [9.17, 15) is 19.2 Å². The van der Waals surface area contributed by atoms with E-state index in [1.165, 1.54) is 0 Å². The van der Waals surface area contributed by atoms with Crippen molar-refractivity contribution in [2.45, 2.75) is 0 Å². The fourth-order valence-electron chi connectivity index (χ4n) is 2.91. The quantitative estimate of drug-likeness (QED) is 0.410. The Morgan fingerprint density at radius 3 is 1.50 bits per heavy atom. The van der Waals surface area contributed by atoms with Crippen molar-refractivity contribution in [3.05, 3.63) is 59.9 Å². The highest BCUT2D eigenvalue weighted by Crippen LogP contribution is 2.21. The number of nitrogens with one attached hydrogen (secondary N) is 4. The number of carbonyl (C=O) groups is 2. The first kappa shape index (κ1) is 17.2. The number of carbonyl (C=O) groups excluding carboxylic acids is 4. The molecule has 2 amide bonds. The summed E-state index contributed by atoms with van der Waals surface area (Å²) in [5.74, 6) is -1.68. The molecule has 8 nitrogen and oxygen atoms in total. The van der Waals surface area contributed by atoms with Crippen LogP contribution in [0.2, 0.25) is 0 Å². The summed E-state index contributed by atoms with van der Waals surface area (Å²) in [6.07, 6.45) is 3.52. The zero-order valence-corrected chi connectivity index (χ0v) is 14.3. The van der Waals surface area contributed by atoms with Gasteiger partial charge in [-0.15, -0.1) is 0 Å². The molecule has 0 saturated carbocycles. The number of anilines is 2. The Balaban J connectivity index is 1.47. The lowest BCUT2D eigenvalue weighted by molar-refractivity contribution is -0.132. The lowest BCUT2D eigenvalue weighted by atomic mass is 10.2. The number of amides is 2. The molecular formula is C20H12N4O4. The SMILES string of the molecule is O=[C]c1cc2cc(NC(=O)C(=O)Nc3ccc4[nH]c([C]=O)cc4c3)ccc2[nH]1. The van der Waals surface area contributed by atoms with Gasteiger partial charge in [-0.3, -0.25) is 19.2 Å². The summed E-state index contributed by atoms with van der Waals surface area (Å²) in [6, 6.07) is 13.1. The third-order valence-corrected chi connectivity index (χ3v) is 4.18. The van der Waals surface area contributed by atoms with E-state index in [-0.39, 0.29) is 0 Å². The van der Waals surface area contributed by atoms with Crippen LogP contribution in [-0.2, 0) is 19.2 Å². The molecule has 136 valence electrons. The number of hydrogen-bond acceptors (Lipinski definition) is 4. The van der Waals surface area contributed by atoms with E-state index >= 15 is 0 Å². The van der Waals surface area contributed by atoms with Gasteiger partial charge in [0.15, 0.2) is 0 Å². The Bertz CT molecular complexity index is 1150. The molecule has 0 bridgehead atoms. The van der Waals surface area contributed by atoms with Gasteiger partial charge >= 0.3 is 11.8 Å². The van der Waals surface area contributed by atoms with Crippen LogP contribution in [0.25, 0.3) is 21.8 Å². The van der Waals surface area contributed by atoms with Crippen LogP contribution in [0, 0.1) is 0 Å². The fourth-order valence-corrected chi connectivity index (χ4v) is 2.91. The van der Waals surface area contributed by atoms with E-state index < -0.39 is 11.8 Å². The first-order valence-corrected chi connectivity index (χ1v) is 8.20. The van der Waals surface area contributed by atoms with Crippen LogP contribution < -0.4 is 10.6 Å². The Kier molecular flexibility index (Phi) is 4.21. The molecule has 0 unspecified atom stereocenters. The normalized spacial score (nSPS) is 10.7. The second-order valence-corrected chi connectivity index (χ2v) is 6.08. The summed E-state index contributed by atoms with van der Waals surface area (Å²) >= 11 is 0. The minimum atomic E-state index is -0.840. The summed E-state index contributed by atoms with van der Waals surface area (Å²) < 4.78 is 0.